The lowest BCUT2D eigenvalue weighted by Gasteiger charge is -2.18. The van der Waals surface area contributed by atoms with Crippen molar-refractivity contribution in [3.05, 3.63) is 45.8 Å². The predicted octanol–water partition coefficient (Wildman–Crippen LogP) is 2.46. The van der Waals surface area contributed by atoms with E-state index in [2.05, 4.69) is 0 Å². The number of hydrogen-bond donors (Lipinski definition) is 1. The third kappa shape index (κ3) is 2.48. The summed E-state index contributed by atoms with van der Waals surface area (Å²) in [5.74, 6) is -4.29. The standard InChI is InChI=1S/C13H9F4NO3/c14-3-6(4-15)18-5-8(13(20)21)12(19)7-1-9(16)10(17)2-11(7)18/h1-2,5-6H,3-4H2,(H,20,21). The number of carboxylic acid groups (broad SMARTS) is 1. The molecule has 8 heteroatoms. The van der Waals surface area contributed by atoms with Crippen molar-refractivity contribution < 1.29 is 27.5 Å². The van der Waals surface area contributed by atoms with Gasteiger partial charge in [0.1, 0.15) is 18.9 Å². The minimum Gasteiger partial charge on any atom is -0.477 e. The van der Waals surface area contributed by atoms with Crippen LogP contribution in [0, 0.1) is 11.6 Å². The van der Waals surface area contributed by atoms with Crippen LogP contribution >= 0.6 is 0 Å². The van der Waals surface area contributed by atoms with Gasteiger partial charge in [-0.1, -0.05) is 0 Å². The lowest BCUT2D eigenvalue weighted by molar-refractivity contribution is 0.0694. The maximum Gasteiger partial charge on any atom is 0.341 e. The number of aromatic carboxylic acids is 1. The van der Waals surface area contributed by atoms with Crippen LogP contribution in [0.2, 0.25) is 0 Å². The first-order chi connectivity index (χ1) is 9.90. The molecule has 0 bridgehead atoms. The first kappa shape index (κ1) is 15.0. The van der Waals surface area contributed by atoms with E-state index in [9.17, 15) is 27.2 Å². The number of benzene rings is 1. The van der Waals surface area contributed by atoms with Crippen molar-refractivity contribution in [2.75, 3.05) is 13.3 Å². The minimum atomic E-state index is -1.63. The van der Waals surface area contributed by atoms with Gasteiger partial charge in [-0.15, -0.1) is 0 Å². The highest BCUT2D eigenvalue weighted by molar-refractivity contribution is 5.92. The molecule has 0 spiro atoms. The number of halogens is 4. The molecule has 0 aliphatic carbocycles. The zero-order valence-electron chi connectivity index (χ0n) is 10.4. The van der Waals surface area contributed by atoms with E-state index in [1.807, 2.05) is 0 Å². The molecular weight excluding hydrogens is 294 g/mol. The topological polar surface area (TPSA) is 59.3 Å². The van der Waals surface area contributed by atoms with Gasteiger partial charge in [0.25, 0.3) is 0 Å². The molecule has 1 aromatic carbocycles. The summed E-state index contributed by atoms with van der Waals surface area (Å²) < 4.78 is 53.0. The largest absolute Gasteiger partial charge is 0.477 e. The molecule has 0 radical (unpaired) electrons. The van der Waals surface area contributed by atoms with Crippen molar-refractivity contribution in [2.45, 2.75) is 6.04 Å². The average Bonchev–Trinajstić information content (AvgIpc) is 2.44. The Morgan fingerprint density at radius 1 is 1.19 bits per heavy atom. The molecule has 2 aromatic rings. The van der Waals surface area contributed by atoms with Gasteiger partial charge in [0.15, 0.2) is 11.6 Å². The fourth-order valence-corrected chi connectivity index (χ4v) is 1.99. The van der Waals surface area contributed by atoms with Crippen molar-refractivity contribution in [2.24, 2.45) is 0 Å². The lowest BCUT2D eigenvalue weighted by atomic mass is 10.1. The van der Waals surface area contributed by atoms with E-state index >= 15 is 0 Å². The van der Waals surface area contributed by atoms with Crippen LogP contribution in [0.1, 0.15) is 16.4 Å². The van der Waals surface area contributed by atoms with Gasteiger partial charge < -0.3 is 9.67 Å². The van der Waals surface area contributed by atoms with Crippen molar-refractivity contribution >= 4 is 16.9 Å². The number of pyridine rings is 1. The van der Waals surface area contributed by atoms with E-state index in [-0.39, 0.29) is 5.52 Å². The molecule has 0 atom stereocenters. The Balaban J connectivity index is 2.95. The predicted molar refractivity (Wildman–Crippen MR) is 66.1 cm³/mol. The molecule has 0 fully saturated rings. The Bertz CT molecular complexity index is 768. The quantitative estimate of drug-likeness (QED) is 0.883. The van der Waals surface area contributed by atoms with E-state index in [4.69, 9.17) is 5.11 Å². The number of nitrogens with zero attached hydrogens (tertiary/aromatic N) is 1. The summed E-state index contributed by atoms with van der Waals surface area (Å²) in [7, 11) is 0. The number of carboxylic acids is 1. The fourth-order valence-electron chi connectivity index (χ4n) is 1.99. The number of aromatic nitrogens is 1. The third-order valence-electron chi connectivity index (χ3n) is 3.05. The molecule has 112 valence electrons. The zero-order valence-corrected chi connectivity index (χ0v) is 10.4. The summed E-state index contributed by atoms with van der Waals surface area (Å²) in [6.07, 6.45) is 0.730. The molecular formula is C13H9F4NO3. The minimum absolute atomic E-state index is 0.274. The SMILES string of the molecule is O=C(O)c1cn(C(CF)CF)c2cc(F)c(F)cc2c1=O. The molecule has 0 unspecified atom stereocenters. The van der Waals surface area contributed by atoms with Crippen LogP contribution in [0.5, 0.6) is 0 Å². The molecule has 0 saturated heterocycles. The molecule has 0 saturated carbocycles. The molecule has 0 amide bonds. The lowest BCUT2D eigenvalue weighted by Crippen LogP contribution is -2.23. The highest BCUT2D eigenvalue weighted by Crippen LogP contribution is 2.21. The Morgan fingerprint density at radius 2 is 1.76 bits per heavy atom. The summed E-state index contributed by atoms with van der Waals surface area (Å²) in [5, 5.41) is 8.47. The molecule has 21 heavy (non-hydrogen) atoms. The first-order valence-corrected chi connectivity index (χ1v) is 5.79. The molecule has 0 aliphatic heterocycles. The number of rotatable bonds is 4. The van der Waals surface area contributed by atoms with Crippen molar-refractivity contribution in [1.29, 1.82) is 0 Å². The molecule has 0 aliphatic rings. The van der Waals surface area contributed by atoms with E-state index < -0.39 is 53.4 Å². The van der Waals surface area contributed by atoms with Crippen molar-refractivity contribution in [3.8, 4) is 0 Å². The average molecular weight is 303 g/mol. The first-order valence-electron chi connectivity index (χ1n) is 5.79. The maximum absolute atomic E-state index is 13.3. The molecule has 1 aromatic heterocycles. The normalized spacial score (nSPS) is 11.3. The highest BCUT2D eigenvalue weighted by atomic mass is 19.2. The third-order valence-corrected chi connectivity index (χ3v) is 3.05. The van der Waals surface area contributed by atoms with Crippen LogP contribution in [0.25, 0.3) is 10.9 Å². The van der Waals surface area contributed by atoms with Gasteiger partial charge in [0, 0.05) is 17.6 Å². The van der Waals surface area contributed by atoms with Gasteiger partial charge in [0.05, 0.1) is 11.6 Å². The summed E-state index contributed by atoms with van der Waals surface area (Å²) in [6.45, 7) is -2.40. The van der Waals surface area contributed by atoms with E-state index in [0.717, 1.165) is 10.8 Å². The second kappa shape index (κ2) is 5.55. The maximum atomic E-state index is 13.3. The molecule has 2 rings (SSSR count). The second-order valence-electron chi connectivity index (χ2n) is 4.33. The van der Waals surface area contributed by atoms with Crippen molar-refractivity contribution in [1.82, 2.24) is 4.57 Å². The fraction of sp³-hybridized carbons (Fsp3) is 0.231. The monoisotopic (exact) mass is 303 g/mol. The molecule has 4 nitrogen and oxygen atoms in total. The molecule has 1 heterocycles. The Hall–Kier alpha value is -2.38. The van der Waals surface area contributed by atoms with E-state index in [1.54, 1.807) is 0 Å². The Morgan fingerprint density at radius 3 is 2.29 bits per heavy atom. The second-order valence-corrected chi connectivity index (χ2v) is 4.33. The highest BCUT2D eigenvalue weighted by Gasteiger charge is 2.21. The Kier molecular flexibility index (Phi) is 3.97. The summed E-state index contributed by atoms with van der Waals surface area (Å²) in [5.41, 5.74) is -2.10. The van der Waals surface area contributed by atoms with Crippen LogP contribution in [0.4, 0.5) is 17.6 Å². The van der Waals surface area contributed by atoms with Crippen molar-refractivity contribution in [3.63, 3.8) is 0 Å². The van der Waals surface area contributed by atoms with Crippen LogP contribution in [-0.2, 0) is 0 Å². The van der Waals surface area contributed by atoms with Gasteiger partial charge >= 0.3 is 5.97 Å². The van der Waals surface area contributed by atoms with E-state index in [1.165, 1.54) is 0 Å². The number of alkyl halides is 2. The smallest absolute Gasteiger partial charge is 0.341 e. The van der Waals surface area contributed by atoms with Crippen LogP contribution < -0.4 is 5.43 Å². The molecule has 1 N–H and O–H groups in total. The number of hydrogen-bond acceptors (Lipinski definition) is 2. The summed E-state index contributed by atoms with van der Waals surface area (Å²) in [6, 6.07) is -0.310. The van der Waals surface area contributed by atoms with Gasteiger partial charge in [-0.3, -0.25) is 4.79 Å². The van der Waals surface area contributed by atoms with Gasteiger partial charge in [0.2, 0.25) is 5.43 Å². The van der Waals surface area contributed by atoms with E-state index in [0.29, 0.717) is 12.1 Å². The van der Waals surface area contributed by atoms with Crippen LogP contribution in [-0.4, -0.2) is 29.0 Å². The number of fused-ring (bicyclic) bond motifs is 1. The zero-order chi connectivity index (χ0) is 15.7. The summed E-state index contributed by atoms with van der Waals surface area (Å²) in [4.78, 5) is 22.9. The summed E-state index contributed by atoms with van der Waals surface area (Å²) >= 11 is 0. The van der Waals surface area contributed by atoms with Gasteiger partial charge in [-0.2, -0.15) is 0 Å². The Labute approximate surface area is 115 Å². The van der Waals surface area contributed by atoms with Gasteiger partial charge in [-0.05, 0) is 6.07 Å². The van der Waals surface area contributed by atoms with Crippen LogP contribution in [0.3, 0.4) is 0 Å². The van der Waals surface area contributed by atoms with Gasteiger partial charge in [-0.25, -0.2) is 22.4 Å². The van der Waals surface area contributed by atoms with Crippen LogP contribution in [0.15, 0.2) is 23.1 Å². The number of carbonyl (C=O) groups is 1.